The summed E-state index contributed by atoms with van der Waals surface area (Å²) in [6.45, 7) is 0. The second kappa shape index (κ2) is 8.09. The third kappa shape index (κ3) is 4.95. The fraction of sp³-hybridized carbons (Fsp3) is 0.100. The second-order valence-electron chi connectivity index (χ2n) is 6.42. The summed E-state index contributed by atoms with van der Waals surface area (Å²) >= 11 is 0. The van der Waals surface area contributed by atoms with Crippen molar-refractivity contribution in [2.24, 2.45) is 0 Å². The molecule has 0 spiro atoms. The van der Waals surface area contributed by atoms with Crippen molar-refractivity contribution in [2.75, 3.05) is 11.5 Å². The number of halogens is 8. The Kier molecular flexibility index (Phi) is 5.81. The van der Waals surface area contributed by atoms with E-state index in [-0.39, 0.29) is 23.5 Å². The van der Waals surface area contributed by atoms with Gasteiger partial charge in [-0.3, -0.25) is 0 Å². The van der Waals surface area contributed by atoms with Crippen LogP contribution in [0, 0.1) is 11.6 Å². The van der Waals surface area contributed by atoms with Crippen molar-refractivity contribution in [2.45, 2.75) is 12.4 Å². The van der Waals surface area contributed by atoms with Gasteiger partial charge in [0.05, 0.1) is 11.1 Å². The van der Waals surface area contributed by atoms with Gasteiger partial charge in [-0.05, 0) is 30.3 Å². The highest BCUT2D eigenvalue weighted by Crippen LogP contribution is 2.47. The van der Waals surface area contributed by atoms with E-state index in [1.54, 1.807) is 0 Å². The molecule has 3 aromatic carbocycles. The van der Waals surface area contributed by atoms with E-state index in [9.17, 15) is 35.1 Å². The van der Waals surface area contributed by atoms with Crippen molar-refractivity contribution in [1.29, 1.82) is 0 Å². The molecule has 0 saturated heterocycles. The highest BCUT2D eigenvalue weighted by atomic mass is 19.4. The molecular formula is C20H12F8N2O2. The van der Waals surface area contributed by atoms with E-state index >= 15 is 0 Å². The lowest BCUT2D eigenvalue weighted by Gasteiger charge is -2.20. The molecule has 3 rings (SSSR count). The SMILES string of the molecule is Nc1ccc(F)c(Oc2cc(Oc3cc(N)ccc3F)c(C(F)(F)F)cc2C(F)(F)F)c1. The quantitative estimate of drug-likeness (QED) is 0.331. The van der Waals surface area contributed by atoms with E-state index in [1.165, 1.54) is 0 Å². The fourth-order valence-corrected chi connectivity index (χ4v) is 2.61. The number of rotatable bonds is 4. The van der Waals surface area contributed by atoms with Gasteiger partial charge in [0.15, 0.2) is 23.1 Å². The number of nitrogen functional groups attached to an aromatic ring is 2. The van der Waals surface area contributed by atoms with Crippen LogP contribution in [0.5, 0.6) is 23.0 Å². The molecule has 0 aliphatic carbocycles. The molecule has 170 valence electrons. The minimum atomic E-state index is -5.33. The zero-order valence-electron chi connectivity index (χ0n) is 15.6. The normalized spacial score (nSPS) is 12.0. The fourth-order valence-electron chi connectivity index (χ4n) is 2.61. The third-order valence-electron chi connectivity index (χ3n) is 4.04. The number of anilines is 2. The van der Waals surface area contributed by atoms with Crippen LogP contribution in [0.4, 0.5) is 46.5 Å². The number of alkyl halides is 6. The summed E-state index contributed by atoms with van der Waals surface area (Å²) in [5.74, 6) is -6.27. The van der Waals surface area contributed by atoms with E-state index in [2.05, 4.69) is 0 Å². The summed E-state index contributed by atoms with van der Waals surface area (Å²) in [7, 11) is 0. The molecule has 4 N–H and O–H groups in total. The summed E-state index contributed by atoms with van der Waals surface area (Å²) in [5.41, 5.74) is 7.00. The van der Waals surface area contributed by atoms with Crippen LogP contribution in [0.3, 0.4) is 0 Å². The summed E-state index contributed by atoms with van der Waals surface area (Å²) in [6.07, 6.45) is -10.7. The standard InChI is InChI=1S/C20H12F8N2O2/c21-13-3-1-9(29)5-17(13)31-15-8-16(32-18-6-10(30)2-4-14(18)22)12(20(26,27)28)7-11(15)19(23,24)25/h1-8H,29-30H2. The van der Waals surface area contributed by atoms with Gasteiger partial charge in [-0.15, -0.1) is 0 Å². The van der Waals surface area contributed by atoms with E-state index in [0.29, 0.717) is 0 Å². The van der Waals surface area contributed by atoms with Crippen molar-refractivity contribution in [1.82, 2.24) is 0 Å². The van der Waals surface area contributed by atoms with Crippen LogP contribution in [-0.2, 0) is 12.4 Å². The molecule has 0 aliphatic heterocycles. The third-order valence-corrected chi connectivity index (χ3v) is 4.04. The molecule has 0 atom stereocenters. The molecule has 32 heavy (non-hydrogen) atoms. The molecule has 0 unspecified atom stereocenters. The van der Waals surface area contributed by atoms with Gasteiger partial charge in [-0.2, -0.15) is 26.3 Å². The van der Waals surface area contributed by atoms with Crippen LogP contribution >= 0.6 is 0 Å². The Labute approximate surface area is 175 Å². The molecule has 0 bridgehead atoms. The van der Waals surface area contributed by atoms with Crippen LogP contribution in [0.2, 0.25) is 0 Å². The lowest BCUT2D eigenvalue weighted by atomic mass is 10.1. The van der Waals surface area contributed by atoms with Gasteiger partial charge in [-0.25, -0.2) is 8.78 Å². The molecule has 0 fully saturated rings. The van der Waals surface area contributed by atoms with Gasteiger partial charge < -0.3 is 20.9 Å². The largest absolute Gasteiger partial charge is 0.453 e. The maximum Gasteiger partial charge on any atom is 0.420 e. The average Bonchev–Trinajstić information content (AvgIpc) is 2.66. The molecule has 0 aliphatic rings. The summed E-state index contributed by atoms with van der Waals surface area (Å²) < 4.78 is 119. The van der Waals surface area contributed by atoms with Gasteiger partial charge >= 0.3 is 12.4 Å². The van der Waals surface area contributed by atoms with Gasteiger partial charge in [0, 0.05) is 29.6 Å². The predicted octanol–water partition coefficient (Wildman–Crippen LogP) is 6.75. The average molecular weight is 464 g/mol. The van der Waals surface area contributed by atoms with Crippen LogP contribution in [0.25, 0.3) is 0 Å². The zero-order valence-corrected chi connectivity index (χ0v) is 15.6. The highest BCUT2D eigenvalue weighted by Gasteiger charge is 2.42. The molecule has 0 saturated carbocycles. The van der Waals surface area contributed by atoms with Gasteiger partial charge in [-0.1, -0.05) is 0 Å². The van der Waals surface area contributed by atoms with Crippen molar-refractivity contribution >= 4 is 11.4 Å². The Morgan fingerprint density at radius 1 is 0.531 bits per heavy atom. The zero-order chi connectivity index (χ0) is 23.8. The van der Waals surface area contributed by atoms with E-state index in [0.717, 1.165) is 36.4 Å². The molecule has 12 heteroatoms. The first-order chi connectivity index (χ1) is 14.8. The van der Waals surface area contributed by atoms with Crippen LogP contribution in [0.15, 0.2) is 48.5 Å². The first-order valence-corrected chi connectivity index (χ1v) is 8.54. The summed E-state index contributed by atoms with van der Waals surface area (Å²) in [6, 6.07) is 5.41. The summed E-state index contributed by atoms with van der Waals surface area (Å²) in [5, 5.41) is 0. The van der Waals surface area contributed by atoms with Crippen LogP contribution in [0.1, 0.15) is 11.1 Å². The lowest BCUT2D eigenvalue weighted by molar-refractivity contribution is -0.144. The minimum Gasteiger partial charge on any atom is -0.453 e. The monoisotopic (exact) mass is 464 g/mol. The summed E-state index contributed by atoms with van der Waals surface area (Å²) in [4.78, 5) is 0. The Balaban J connectivity index is 2.22. The van der Waals surface area contributed by atoms with Crippen molar-refractivity contribution in [3.8, 4) is 23.0 Å². The maximum absolute atomic E-state index is 14.0. The first-order valence-electron chi connectivity index (χ1n) is 8.54. The van der Waals surface area contributed by atoms with Crippen LogP contribution in [-0.4, -0.2) is 0 Å². The van der Waals surface area contributed by atoms with E-state index in [4.69, 9.17) is 20.9 Å². The number of hydrogen-bond acceptors (Lipinski definition) is 4. The first kappa shape index (κ1) is 23.0. The van der Waals surface area contributed by atoms with Crippen LogP contribution < -0.4 is 20.9 Å². The highest BCUT2D eigenvalue weighted by molar-refractivity contribution is 5.54. The number of ether oxygens (including phenoxy) is 2. The van der Waals surface area contributed by atoms with Crippen molar-refractivity contribution in [3.63, 3.8) is 0 Å². The Morgan fingerprint density at radius 2 is 0.906 bits per heavy atom. The predicted molar refractivity (Wildman–Crippen MR) is 98.2 cm³/mol. The van der Waals surface area contributed by atoms with E-state index < -0.39 is 58.1 Å². The van der Waals surface area contributed by atoms with Crippen molar-refractivity contribution in [3.05, 3.63) is 71.3 Å². The van der Waals surface area contributed by atoms with E-state index in [1.807, 2.05) is 0 Å². The molecule has 0 radical (unpaired) electrons. The second-order valence-corrected chi connectivity index (χ2v) is 6.42. The molecule has 0 aromatic heterocycles. The van der Waals surface area contributed by atoms with Gasteiger partial charge in [0.1, 0.15) is 11.5 Å². The molecule has 0 amide bonds. The Bertz CT molecular complexity index is 1070. The Hall–Kier alpha value is -3.70. The maximum atomic E-state index is 14.0. The molecule has 3 aromatic rings. The number of hydrogen-bond donors (Lipinski definition) is 2. The minimum absolute atomic E-state index is 0.0832. The molecular weight excluding hydrogens is 452 g/mol. The lowest BCUT2D eigenvalue weighted by Crippen LogP contribution is -2.14. The topological polar surface area (TPSA) is 70.5 Å². The smallest absolute Gasteiger partial charge is 0.420 e. The van der Waals surface area contributed by atoms with Crippen molar-refractivity contribution < 1.29 is 44.6 Å². The Morgan fingerprint density at radius 3 is 1.25 bits per heavy atom. The molecule has 4 nitrogen and oxygen atoms in total. The van der Waals surface area contributed by atoms with Gasteiger partial charge in [0.25, 0.3) is 0 Å². The molecule has 0 heterocycles. The number of nitrogens with two attached hydrogens (primary N) is 2. The van der Waals surface area contributed by atoms with Gasteiger partial charge in [0.2, 0.25) is 0 Å². The number of benzene rings is 3.